The Kier molecular flexibility index (Phi) is 3.70. The zero-order valence-electron chi connectivity index (χ0n) is 7.97. The molecule has 0 aromatic heterocycles. The molecule has 1 aromatic carbocycles. The van der Waals surface area contributed by atoms with E-state index in [1.165, 1.54) is 5.56 Å². The van der Waals surface area contributed by atoms with Crippen LogP contribution in [-0.4, -0.2) is 7.05 Å². The van der Waals surface area contributed by atoms with E-state index in [9.17, 15) is 0 Å². The molecule has 1 atom stereocenters. The molecular weight excluding hydrogens is 226 g/mol. The number of hydrogen-bond acceptors (Lipinski definition) is 1. The van der Waals surface area contributed by atoms with Crippen LogP contribution in [0.3, 0.4) is 0 Å². The van der Waals surface area contributed by atoms with Gasteiger partial charge in [-0.25, -0.2) is 0 Å². The van der Waals surface area contributed by atoms with Gasteiger partial charge in [0.1, 0.15) is 0 Å². The van der Waals surface area contributed by atoms with Gasteiger partial charge < -0.3 is 5.32 Å². The molecule has 70 valence electrons. The fourth-order valence-electron chi connectivity index (χ4n) is 1.38. The van der Waals surface area contributed by atoms with Crippen molar-refractivity contribution in [3.05, 3.63) is 46.5 Å². The van der Waals surface area contributed by atoms with E-state index >= 15 is 0 Å². The minimum Gasteiger partial charge on any atom is -0.310 e. The molecule has 0 radical (unpaired) electrons. The van der Waals surface area contributed by atoms with Gasteiger partial charge in [0, 0.05) is 4.47 Å². The Bertz CT molecular complexity index is 307. The number of likely N-dealkylation sites (N-methyl/N-ethyl adjacent to an activating group) is 1. The van der Waals surface area contributed by atoms with Crippen molar-refractivity contribution in [3.8, 4) is 0 Å². The number of rotatable bonds is 3. The molecule has 0 heterocycles. The smallest absolute Gasteiger partial charge is 0.0539 e. The van der Waals surface area contributed by atoms with E-state index in [0.29, 0.717) is 0 Å². The third kappa shape index (κ3) is 2.42. The van der Waals surface area contributed by atoms with Crippen LogP contribution in [0.2, 0.25) is 0 Å². The molecule has 1 rings (SSSR count). The number of benzene rings is 1. The lowest BCUT2D eigenvalue weighted by Crippen LogP contribution is -2.17. The van der Waals surface area contributed by atoms with Crippen LogP contribution in [0.1, 0.15) is 18.5 Å². The Balaban J connectivity index is 3.04. The largest absolute Gasteiger partial charge is 0.310 e. The van der Waals surface area contributed by atoms with E-state index < -0.39 is 0 Å². The molecule has 2 heteroatoms. The Morgan fingerprint density at radius 1 is 1.46 bits per heavy atom. The van der Waals surface area contributed by atoms with Gasteiger partial charge in [-0.05, 0) is 25.6 Å². The molecule has 0 aliphatic rings. The highest BCUT2D eigenvalue weighted by Gasteiger charge is 2.11. The van der Waals surface area contributed by atoms with Crippen molar-refractivity contribution in [1.82, 2.24) is 5.32 Å². The molecular formula is C11H14BrN. The number of nitrogens with one attached hydrogen (secondary N) is 1. The summed E-state index contributed by atoms with van der Waals surface area (Å²) in [5.74, 6) is 0. The topological polar surface area (TPSA) is 12.0 Å². The van der Waals surface area contributed by atoms with Crippen molar-refractivity contribution in [2.24, 2.45) is 0 Å². The average Bonchev–Trinajstić information content (AvgIpc) is 2.09. The number of halogens is 1. The van der Waals surface area contributed by atoms with E-state index in [1.54, 1.807) is 0 Å². The summed E-state index contributed by atoms with van der Waals surface area (Å²) < 4.78 is 1.12. The van der Waals surface area contributed by atoms with Crippen LogP contribution in [0.5, 0.6) is 0 Å². The zero-order valence-corrected chi connectivity index (χ0v) is 9.56. The maximum atomic E-state index is 3.96. The van der Waals surface area contributed by atoms with Crippen molar-refractivity contribution in [2.75, 3.05) is 7.05 Å². The fraction of sp³-hybridized carbons (Fsp3) is 0.273. The Morgan fingerprint density at radius 2 is 2.08 bits per heavy atom. The molecule has 1 unspecified atom stereocenters. The Labute approximate surface area is 88.0 Å². The Morgan fingerprint density at radius 3 is 2.54 bits per heavy atom. The van der Waals surface area contributed by atoms with Crippen LogP contribution in [0.25, 0.3) is 0 Å². The molecule has 0 fully saturated rings. The van der Waals surface area contributed by atoms with Gasteiger partial charge in [0.25, 0.3) is 0 Å². The molecule has 1 N–H and O–H groups in total. The number of hydrogen-bond donors (Lipinski definition) is 1. The van der Waals surface area contributed by atoms with Crippen LogP contribution >= 0.6 is 15.9 Å². The minimum absolute atomic E-state index is 0.232. The summed E-state index contributed by atoms with van der Waals surface area (Å²) in [6, 6.07) is 8.42. The summed E-state index contributed by atoms with van der Waals surface area (Å²) in [6.45, 7) is 5.99. The third-order valence-corrected chi connectivity index (χ3v) is 2.72. The van der Waals surface area contributed by atoms with Gasteiger partial charge in [-0.15, -0.1) is 0 Å². The summed E-state index contributed by atoms with van der Waals surface area (Å²) in [5.41, 5.74) is 2.35. The van der Waals surface area contributed by atoms with Gasteiger partial charge in [0.15, 0.2) is 0 Å². The van der Waals surface area contributed by atoms with E-state index in [4.69, 9.17) is 0 Å². The molecule has 0 aliphatic heterocycles. The predicted molar refractivity (Wildman–Crippen MR) is 60.8 cm³/mol. The van der Waals surface area contributed by atoms with Gasteiger partial charge in [-0.2, -0.15) is 0 Å². The maximum absolute atomic E-state index is 3.96. The summed E-state index contributed by atoms with van der Waals surface area (Å²) >= 11 is 3.52. The van der Waals surface area contributed by atoms with Crippen molar-refractivity contribution in [1.29, 1.82) is 0 Å². The summed E-state index contributed by atoms with van der Waals surface area (Å²) in [4.78, 5) is 0. The first-order chi connectivity index (χ1) is 6.16. The second-order valence-electron chi connectivity index (χ2n) is 3.09. The summed E-state index contributed by atoms with van der Waals surface area (Å²) in [7, 11) is 1.94. The van der Waals surface area contributed by atoms with Crippen molar-refractivity contribution >= 4 is 15.9 Å². The highest BCUT2D eigenvalue weighted by Crippen LogP contribution is 2.26. The second-order valence-corrected chi connectivity index (χ2v) is 3.94. The Hall–Kier alpha value is -0.600. The van der Waals surface area contributed by atoms with E-state index in [0.717, 1.165) is 10.0 Å². The van der Waals surface area contributed by atoms with Gasteiger partial charge >= 0.3 is 0 Å². The lowest BCUT2D eigenvalue weighted by Gasteiger charge is -2.17. The van der Waals surface area contributed by atoms with Crippen molar-refractivity contribution < 1.29 is 0 Å². The summed E-state index contributed by atoms with van der Waals surface area (Å²) in [5, 5.41) is 3.23. The first-order valence-electron chi connectivity index (χ1n) is 4.24. The maximum Gasteiger partial charge on any atom is 0.0539 e. The van der Waals surface area contributed by atoms with Crippen LogP contribution in [-0.2, 0) is 0 Å². The van der Waals surface area contributed by atoms with Crippen LogP contribution < -0.4 is 5.32 Å². The van der Waals surface area contributed by atoms with E-state index in [-0.39, 0.29) is 6.04 Å². The zero-order chi connectivity index (χ0) is 9.84. The molecule has 0 aliphatic carbocycles. The molecule has 0 bridgehead atoms. The van der Waals surface area contributed by atoms with Gasteiger partial charge in [0.2, 0.25) is 0 Å². The SMILES string of the molecule is C=C(C)C(NC)c1ccccc1Br. The van der Waals surface area contributed by atoms with Gasteiger partial charge in [-0.1, -0.05) is 46.3 Å². The molecule has 0 saturated carbocycles. The van der Waals surface area contributed by atoms with Crippen LogP contribution in [0.15, 0.2) is 40.9 Å². The predicted octanol–water partition coefficient (Wildman–Crippen LogP) is 3.29. The highest BCUT2D eigenvalue weighted by atomic mass is 79.9. The third-order valence-electron chi connectivity index (χ3n) is 2.00. The molecule has 0 spiro atoms. The van der Waals surface area contributed by atoms with E-state index in [1.807, 2.05) is 32.2 Å². The quantitative estimate of drug-likeness (QED) is 0.799. The first kappa shape index (κ1) is 10.5. The highest BCUT2D eigenvalue weighted by molar-refractivity contribution is 9.10. The van der Waals surface area contributed by atoms with Crippen molar-refractivity contribution in [2.45, 2.75) is 13.0 Å². The van der Waals surface area contributed by atoms with Crippen LogP contribution in [0.4, 0.5) is 0 Å². The molecule has 1 aromatic rings. The first-order valence-corrected chi connectivity index (χ1v) is 5.03. The van der Waals surface area contributed by atoms with Gasteiger partial charge in [-0.3, -0.25) is 0 Å². The second kappa shape index (κ2) is 4.58. The minimum atomic E-state index is 0.232. The molecule has 1 nitrogen and oxygen atoms in total. The van der Waals surface area contributed by atoms with Crippen LogP contribution in [0, 0.1) is 0 Å². The average molecular weight is 240 g/mol. The lowest BCUT2D eigenvalue weighted by atomic mass is 10.0. The lowest BCUT2D eigenvalue weighted by molar-refractivity contribution is 0.677. The van der Waals surface area contributed by atoms with Crippen molar-refractivity contribution in [3.63, 3.8) is 0 Å². The standard InChI is InChI=1S/C11H14BrN/c1-8(2)11(13-3)9-6-4-5-7-10(9)12/h4-7,11,13H,1H2,2-3H3. The molecule has 13 heavy (non-hydrogen) atoms. The summed E-state index contributed by atoms with van der Waals surface area (Å²) in [6.07, 6.45) is 0. The molecule has 0 amide bonds. The van der Waals surface area contributed by atoms with E-state index in [2.05, 4.69) is 33.9 Å². The van der Waals surface area contributed by atoms with Gasteiger partial charge in [0.05, 0.1) is 6.04 Å². The molecule has 0 saturated heterocycles. The fourth-order valence-corrected chi connectivity index (χ4v) is 1.89. The monoisotopic (exact) mass is 239 g/mol. The normalized spacial score (nSPS) is 12.5.